The lowest BCUT2D eigenvalue weighted by Crippen LogP contribution is -2.33. The van der Waals surface area contributed by atoms with Gasteiger partial charge < -0.3 is 15.3 Å². The third-order valence-electron chi connectivity index (χ3n) is 3.92. The molecule has 1 aliphatic heterocycles. The van der Waals surface area contributed by atoms with E-state index in [0.717, 1.165) is 11.1 Å². The van der Waals surface area contributed by atoms with Crippen LogP contribution < -0.4 is 5.32 Å². The van der Waals surface area contributed by atoms with Crippen LogP contribution in [0.1, 0.15) is 6.92 Å². The van der Waals surface area contributed by atoms with Gasteiger partial charge in [0.1, 0.15) is 0 Å². The first-order valence-corrected chi connectivity index (χ1v) is 7.68. The van der Waals surface area contributed by atoms with Gasteiger partial charge in [0.25, 0.3) is 0 Å². The van der Waals surface area contributed by atoms with Crippen molar-refractivity contribution >= 4 is 39.1 Å². The van der Waals surface area contributed by atoms with E-state index in [9.17, 15) is 9.59 Å². The Hall–Kier alpha value is -2.08. The minimum absolute atomic E-state index is 0.0207. The van der Waals surface area contributed by atoms with Gasteiger partial charge in [-0.3, -0.25) is 4.79 Å². The third-order valence-corrected chi connectivity index (χ3v) is 4.82. The molecule has 6 heteroatoms. The van der Waals surface area contributed by atoms with Gasteiger partial charge in [0.2, 0.25) is 0 Å². The minimum atomic E-state index is -0.836. The van der Waals surface area contributed by atoms with E-state index in [2.05, 4.69) is 5.32 Å². The van der Waals surface area contributed by atoms with Gasteiger partial charge in [0.05, 0.1) is 5.92 Å². The number of carboxylic acid groups (broad SMARTS) is 1. The zero-order valence-corrected chi connectivity index (χ0v) is 12.4. The Bertz CT molecular complexity index is 697. The summed E-state index contributed by atoms with van der Waals surface area (Å²) < 4.78 is 1.17. The Morgan fingerprint density at radius 2 is 2.14 bits per heavy atom. The number of amides is 2. The van der Waals surface area contributed by atoms with E-state index in [0.29, 0.717) is 6.54 Å². The highest BCUT2D eigenvalue weighted by Gasteiger charge is 2.36. The van der Waals surface area contributed by atoms with Crippen LogP contribution in [-0.4, -0.2) is 35.1 Å². The van der Waals surface area contributed by atoms with Crippen LogP contribution in [0.5, 0.6) is 0 Å². The van der Waals surface area contributed by atoms with E-state index in [1.807, 2.05) is 36.6 Å². The first-order chi connectivity index (χ1) is 10.0. The maximum absolute atomic E-state index is 12.2. The monoisotopic (exact) mass is 304 g/mol. The largest absolute Gasteiger partial charge is 0.481 e. The van der Waals surface area contributed by atoms with E-state index in [4.69, 9.17) is 5.11 Å². The molecular weight excluding hydrogens is 288 g/mol. The van der Waals surface area contributed by atoms with Crippen molar-refractivity contribution in [3.63, 3.8) is 0 Å². The van der Waals surface area contributed by atoms with Gasteiger partial charge in [-0.2, -0.15) is 0 Å². The molecule has 0 unspecified atom stereocenters. The molecule has 0 bridgehead atoms. The normalized spacial score (nSPS) is 21.7. The molecule has 2 heterocycles. The maximum Gasteiger partial charge on any atom is 0.321 e. The Morgan fingerprint density at radius 1 is 1.33 bits per heavy atom. The molecule has 3 rings (SSSR count). The van der Waals surface area contributed by atoms with Crippen molar-refractivity contribution in [2.75, 3.05) is 18.4 Å². The molecule has 110 valence electrons. The predicted octanol–water partition coefficient (Wildman–Crippen LogP) is 3.09. The van der Waals surface area contributed by atoms with Crippen molar-refractivity contribution < 1.29 is 14.7 Å². The molecule has 2 atom stereocenters. The first-order valence-electron chi connectivity index (χ1n) is 6.80. The number of fused-ring (bicyclic) bond motifs is 1. The molecule has 1 aromatic heterocycles. The number of likely N-dealkylation sites (tertiary alicyclic amines) is 1. The van der Waals surface area contributed by atoms with E-state index in [1.165, 1.54) is 4.70 Å². The van der Waals surface area contributed by atoms with Crippen LogP contribution >= 0.6 is 11.3 Å². The zero-order valence-electron chi connectivity index (χ0n) is 11.6. The highest BCUT2D eigenvalue weighted by molar-refractivity contribution is 7.17. The molecule has 1 fully saturated rings. The number of anilines is 1. The lowest BCUT2D eigenvalue weighted by Gasteiger charge is -2.17. The molecule has 21 heavy (non-hydrogen) atoms. The van der Waals surface area contributed by atoms with Gasteiger partial charge in [0.15, 0.2) is 0 Å². The number of rotatable bonds is 2. The van der Waals surface area contributed by atoms with Crippen molar-refractivity contribution in [3.05, 3.63) is 29.6 Å². The van der Waals surface area contributed by atoms with Gasteiger partial charge >= 0.3 is 12.0 Å². The number of carbonyl (C=O) groups is 2. The van der Waals surface area contributed by atoms with Crippen LogP contribution in [0.4, 0.5) is 10.5 Å². The Morgan fingerprint density at radius 3 is 2.86 bits per heavy atom. The van der Waals surface area contributed by atoms with Gasteiger partial charge in [-0.1, -0.05) is 6.92 Å². The lowest BCUT2D eigenvalue weighted by atomic mass is 9.99. The second-order valence-corrected chi connectivity index (χ2v) is 6.38. The number of aliphatic carboxylic acids is 1. The average molecular weight is 304 g/mol. The van der Waals surface area contributed by atoms with E-state index < -0.39 is 11.9 Å². The molecule has 2 aromatic rings. The molecule has 2 amide bonds. The molecule has 1 aliphatic rings. The molecule has 0 saturated carbocycles. The lowest BCUT2D eigenvalue weighted by molar-refractivity contribution is -0.142. The van der Waals surface area contributed by atoms with Gasteiger partial charge in [-0.05, 0) is 40.9 Å². The van der Waals surface area contributed by atoms with Gasteiger partial charge in [-0.25, -0.2) is 4.79 Å². The van der Waals surface area contributed by atoms with E-state index in [1.54, 1.807) is 16.2 Å². The fourth-order valence-corrected chi connectivity index (χ4v) is 3.47. The van der Waals surface area contributed by atoms with Crippen LogP contribution in [-0.2, 0) is 4.79 Å². The number of hydrogen-bond acceptors (Lipinski definition) is 3. The summed E-state index contributed by atoms with van der Waals surface area (Å²) in [6, 6.07) is 7.54. The van der Waals surface area contributed by atoms with Gasteiger partial charge in [-0.15, -0.1) is 11.3 Å². The summed E-state index contributed by atoms with van der Waals surface area (Å²) in [5.74, 6) is -1.33. The Kier molecular flexibility index (Phi) is 3.55. The molecule has 1 aromatic carbocycles. The minimum Gasteiger partial charge on any atom is -0.481 e. The number of thiophene rings is 1. The standard InChI is InChI=1S/C15H16N2O3S/c1-9-7-17(8-12(9)14(18)19)15(20)16-11-2-3-13-10(6-11)4-5-21-13/h2-6,9,12H,7-8H2,1H3,(H,16,20)(H,18,19)/t9-,12-/m1/s1. The topological polar surface area (TPSA) is 69.6 Å². The number of nitrogens with zero attached hydrogens (tertiary/aromatic N) is 1. The van der Waals surface area contributed by atoms with Crippen molar-refractivity contribution in [2.45, 2.75) is 6.92 Å². The summed E-state index contributed by atoms with van der Waals surface area (Å²) in [5, 5.41) is 15.1. The summed E-state index contributed by atoms with van der Waals surface area (Å²) in [4.78, 5) is 24.9. The third kappa shape index (κ3) is 2.71. The second kappa shape index (κ2) is 5.37. The predicted molar refractivity (Wildman–Crippen MR) is 82.7 cm³/mol. The average Bonchev–Trinajstić information content (AvgIpc) is 3.04. The summed E-state index contributed by atoms with van der Waals surface area (Å²) >= 11 is 1.66. The number of hydrogen-bond donors (Lipinski definition) is 2. The molecule has 2 N–H and O–H groups in total. The fourth-order valence-electron chi connectivity index (χ4n) is 2.70. The fraction of sp³-hybridized carbons (Fsp3) is 0.333. The SMILES string of the molecule is C[C@@H]1CN(C(=O)Nc2ccc3sccc3c2)C[C@H]1C(=O)O. The second-order valence-electron chi connectivity index (χ2n) is 5.43. The highest BCUT2D eigenvalue weighted by Crippen LogP contribution is 2.26. The van der Waals surface area contributed by atoms with Crippen LogP contribution in [0.25, 0.3) is 10.1 Å². The Balaban J connectivity index is 1.70. The number of benzene rings is 1. The quantitative estimate of drug-likeness (QED) is 0.895. The summed E-state index contributed by atoms with van der Waals surface area (Å²) in [7, 11) is 0. The summed E-state index contributed by atoms with van der Waals surface area (Å²) in [5.41, 5.74) is 0.734. The number of carbonyl (C=O) groups excluding carboxylic acids is 1. The smallest absolute Gasteiger partial charge is 0.321 e. The molecule has 0 aliphatic carbocycles. The molecule has 5 nitrogen and oxygen atoms in total. The molecule has 0 radical (unpaired) electrons. The Labute approximate surface area is 126 Å². The molecule has 0 spiro atoms. The van der Waals surface area contributed by atoms with E-state index in [-0.39, 0.29) is 18.5 Å². The van der Waals surface area contributed by atoms with Crippen molar-refractivity contribution in [3.8, 4) is 0 Å². The maximum atomic E-state index is 12.2. The van der Waals surface area contributed by atoms with Crippen molar-refractivity contribution in [1.82, 2.24) is 4.90 Å². The molecular formula is C15H16N2O3S. The van der Waals surface area contributed by atoms with E-state index >= 15 is 0 Å². The van der Waals surface area contributed by atoms with Crippen LogP contribution in [0.15, 0.2) is 29.6 Å². The zero-order chi connectivity index (χ0) is 15.0. The number of nitrogens with one attached hydrogen (secondary N) is 1. The summed E-state index contributed by atoms with van der Waals surface area (Å²) in [6.07, 6.45) is 0. The van der Waals surface area contributed by atoms with Crippen LogP contribution in [0.3, 0.4) is 0 Å². The van der Waals surface area contributed by atoms with Gasteiger partial charge in [0, 0.05) is 23.5 Å². The molecule has 1 saturated heterocycles. The summed E-state index contributed by atoms with van der Waals surface area (Å²) in [6.45, 7) is 2.61. The highest BCUT2D eigenvalue weighted by atomic mass is 32.1. The van der Waals surface area contributed by atoms with Crippen LogP contribution in [0.2, 0.25) is 0 Å². The number of carboxylic acids is 1. The number of urea groups is 1. The van der Waals surface area contributed by atoms with Crippen LogP contribution in [0, 0.1) is 11.8 Å². The van der Waals surface area contributed by atoms with Crippen molar-refractivity contribution in [1.29, 1.82) is 0 Å². The first kappa shape index (κ1) is 13.9. The van der Waals surface area contributed by atoms with Crippen molar-refractivity contribution in [2.24, 2.45) is 11.8 Å².